The van der Waals surface area contributed by atoms with Crippen LogP contribution in [0, 0.1) is 0 Å². The molecule has 0 aliphatic carbocycles. The van der Waals surface area contributed by atoms with E-state index in [9.17, 15) is 4.79 Å². The van der Waals surface area contributed by atoms with Gasteiger partial charge in [0, 0.05) is 17.8 Å². The first kappa shape index (κ1) is 21.9. The topological polar surface area (TPSA) is 71.8 Å². The van der Waals surface area contributed by atoms with Crippen molar-refractivity contribution in [3.8, 4) is 0 Å². The zero-order valence-corrected chi connectivity index (χ0v) is 16.8. The molecule has 2 aromatic heterocycles. The third-order valence-electron chi connectivity index (χ3n) is 4.46. The van der Waals surface area contributed by atoms with E-state index < -0.39 is 5.54 Å². The Morgan fingerprint density at radius 2 is 2.16 bits per heavy atom. The average Bonchev–Trinajstić information content (AvgIpc) is 3.27. The summed E-state index contributed by atoms with van der Waals surface area (Å²) in [5.74, 6) is 0.0289. The van der Waals surface area contributed by atoms with Crippen LogP contribution in [0.25, 0.3) is 0 Å². The van der Waals surface area contributed by atoms with Gasteiger partial charge in [0.2, 0.25) is 5.91 Å². The minimum atomic E-state index is -0.605. The highest BCUT2D eigenvalue weighted by atomic mass is 35.5. The number of rotatable bonds is 5. The predicted molar refractivity (Wildman–Crippen MR) is 105 cm³/mol. The summed E-state index contributed by atoms with van der Waals surface area (Å²) < 4.78 is 1.81. The van der Waals surface area contributed by atoms with E-state index in [-0.39, 0.29) is 36.8 Å². The fourth-order valence-electron chi connectivity index (χ4n) is 3.01. The van der Waals surface area contributed by atoms with Gasteiger partial charge >= 0.3 is 0 Å². The van der Waals surface area contributed by atoms with Crippen molar-refractivity contribution in [3.63, 3.8) is 0 Å². The molecule has 2 aromatic rings. The van der Waals surface area contributed by atoms with Gasteiger partial charge in [0.1, 0.15) is 5.54 Å². The molecule has 6 nitrogen and oxygen atoms in total. The number of halogens is 2. The second-order valence-corrected chi connectivity index (χ2v) is 6.89. The molecule has 1 aliphatic heterocycles. The first-order valence-electron chi connectivity index (χ1n) is 8.12. The van der Waals surface area contributed by atoms with Crippen molar-refractivity contribution in [2.24, 2.45) is 0 Å². The molecule has 0 spiro atoms. The first-order valence-corrected chi connectivity index (χ1v) is 9.00. The summed E-state index contributed by atoms with van der Waals surface area (Å²) in [7, 11) is 0. The number of nitrogens with one attached hydrogen (secondary N) is 2. The van der Waals surface area contributed by atoms with E-state index in [1.807, 2.05) is 29.2 Å². The minimum Gasteiger partial charge on any atom is -0.346 e. The zero-order valence-electron chi connectivity index (χ0n) is 14.4. The molecule has 0 bridgehead atoms. The normalized spacial score (nSPS) is 17.0. The number of carbonyl (C=O) groups excluding carboxylic acids is 1. The van der Waals surface area contributed by atoms with Crippen molar-refractivity contribution < 1.29 is 4.79 Å². The van der Waals surface area contributed by atoms with Gasteiger partial charge in [-0.3, -0.25) is 9.48 Å². The molecular weight excluding hydrogens is 381 g/mol. The Morgan fingerprint density at radius 3 is 2.72 bits per heavy atom. The van der Waals surface area contributed by atoms with Crippen molar-refractivity contribution in [1.29, 1.82) is 0 Å². The molecule has 3 heterocycles. The van der Waals surface area contributed by atoms with Gasteiger partial charge in [0.15, 0.2) is 0 Å². The fraction of sp³-hybridized carbons (Fsp3) is 0.562. The van der Waals surface area contributed by atoms with Crippen molar-refractivity contribution in [2.75, 3.05) is 13.1 Å². The maximum absolute atomic E-state index is 13.1. The van der Waals surface area contributed by atoms with Gasteiger partial charge in [-0.2, -0.15) is 5.10 Å². The van der Waals surface area contributed by atoms with Crippen molar-refractivity contribution in [3.05, 3.63) is 34.5 Å². The summed E-state index contributed by atoms with van der Waals surface area (Å²) >= 11 is 1.65. The predicted octanol–water partition coefficient (Wildman–Crippen LogP) is 2.70. The molecule has 1 fully saturated rings. The number of aromatic nitrogens is 3. The molecule has 9 heteroatoms. The van der Waals surface area contributed by atoms with Gasteiger partial charge in [0.05, 0.1) is 16.7 Å². The Labute approximate surface area is 164 Å². The van der Waals surface area contributed by atoms with Crippen LogP contribution in [0.3, 0.4) is 0 Å². The van der Waals surface area contributed by atoms with Gasteiger partial charge in [0.25, 0.3) is 0 Å². The first-order chi connectivity index (χ1) is 11.2. The van der Waals surface area contributed by atoms with Gasteiger partial charge in [-0.05, 0) is 45.3 Å². The van der Waals surface area contributed by atoms with Gasteiger partial charge in [-0.15, -0.1) is 36.2 Å². The SMILES string of the molecule is CCc1nc(C(C)NC(=O)C2(n3cccn3)CCNCC2)cs1.Cl.Cl. The van der Waals surface area contributed by atoms with Gasteiger partial charge in [-0.25, -0.2) is 4.98 Å². The van der Waals surface area contributed by atoms with Crippen LogP contribution in [-0.4, -0.2) is 33.8 Å². The highest BCUT2D eigenvalue weighted by molar-refractivity contribution is 7.09. The van der Waals surface area contributed by atoms with Crippen molar-refractivity contribution in [2.45, 2.75) is 44.7 Å². The lowest BCUT2D eigenvalue weighted by Crippen LogP contribution is -2.55. The van der Waals surface area contributed by atoms with E-state index >= 15 is 0 Å². The van der Waals surface area contributed by atoms with Crippen LogP contribution < -0.4 is 10.6 Å². The van der Waals surface area contributed by atoms with Crippen LogP contribution in [0.2, 0.25) is 0 Å². The molecule has 1 aliphatic rings. The summed E-state index contributed by atoms with van der Waals surface area (Å²) in [5, 5.41) is 14.0. The molecule has 0 saturated carbocycles. The van der Waals surface area contributed by atoms with Crippen LogP contribution in [-0.2, 0) is 16.8 Å². The molecular formula is C16H25Cl2N5OS. The molecule has 3 rings (SSSR count). The summed E-state index contributed by atoms with van der Waals surface area (Å²) in [6.07, 6.45) is 6.02. The summed E-state index contributed by atoms with van der Waals surface area (Å²) in [6, 6.07) is 1.77. The number of carbonyl (C=O) groups is 1. The van der Waals surface area contributed by atoms with E-state index in [0.717, 1.165) is 43.1 Å². The molecule has 1 unspecified atom stereocenters. The van der Waals surface area contributed by atoms with E-state index in [1.165, 1.54) is 0 Å². The Morgan fingerprint density at radius 1 is 1.44 bits per heavy atom. The molecule has 0 radical (unpaired) electrons. The van der Waals surface area contributed by atoms with Crippen LogP contribution in [0.15, 0.2) is 23.8 Å². The Hall–Kier alpha value is -1.15. The van der Waals surface area contributed by atoms with Crippen LogP contribution in [0.1, 0.15) is 43.4 Å². The molecule has 1 saturated heterocycles. The molecule has 1 atom stereocenters. The molecule has 1 amide bonds. The number of hydrogen-bond donors (Lipinski definition) is 2. The Kier molecular flexibility index (Phi) is 8.34. The maximum Gasteiger partial charge on any atom is 0.248 e. The quantitative estimate of drug-likeness (QED) is 0.801. The average molecular weight is 406 g/mol. The third-order valence-corrected chi connectivity index (χ3v) is 5.47. The van der Waals surface area contributed by atoms with E-state index in [4.69, 9.17) is 0 Å². The Balaban J connectivity index is 0.00000156. The molecule has 25 heavy (non-hydrogen) atoms. The number of amides is 1. The number of aryl methyl sites for hydroxylation is 1. The monoisotopic (exact) mass is 405 g/mol. The van der Waals surface area contributed by atoms with E-state index in [0.29, 0.717) is 0 Å². The van der Waals surface area contributed by atoms with E-state index in [1.54, 1.807) is 17.5 Å². The highest BCUT2D eigenvalue weighted by Gasteiger charge is 2.42. The minimum absolute atomic E-state index is 0. The lowest BCUT2D eigenvalue weighted by molar-refractivity contribution is -0.132. The third kappa shape index (κ3) is 4.53. The molecule has 2 N–H and O–H groups in total. The zero-order chi connectivity index (χ0) is 16.3. The number of hydrogen-bond acceptors (Lipinski definition) is 5. The molecule has 0 aromatic carbocycles. The second kappa shape index (κ2) is 9.52. The van der Waals surface area contributed by atoms with E-state index in [2.05, 4.69) is 27.6 Å². The van der Waals surface area contributed by atoms with Gasteiger partial charge < -0.3 is 10.6 Å². The van der Waals surface area contributed by atoms with Crippen molar-refractivity contribution in [1.82, 2.24) is 25.4 Å². The smallest absolute Gasteiger partial charge is 0.248 e. The van der Waals surface area contributed by atoms with Crippen LogP contribution in [0.5, 0.6) is 0 Å². The number of nitrogens with zero attached hydrogens (tertiary/aromatic N) is 3. The standard InChI is InChI=1S/C16H23N5OS.2ClH/c1-3-14-20-13(11-23-14)12(2)19-15(22)16(5-8-17-9-6-16)21-10-4-7-18-21;;/h4,7,10-12,17H,3,5-6,8-9H2,1-2H3,(H,19,22);2*1H. The summed E-state index contributed by atoms with van der Waals surface area (Å²) in [4.78, 5) is 17.6. The van der Waals surface area contributed by atoms with Crippen molar-refractivity contribution >= 4 is 42.1 Å². The fourth-order valence-corrected chi connectivity index (χ4v) is 3.85. The maximum atomic E-state index is 13.1. The lowest BCUT2D eigenvalue weighted by Gasteiger charge is -2.37. The lowest BCUT2D eigenvalue weighted by atomic mass is 9.87. The summed E-state index contributed by atoms with van der Waals surface area (Å²) in [6.45, 7) is 5.72. The van der Waals surface area contributed by atoms with Gasteiger partial charge in [-0.1, -0.05) is 6.92 Å². The summed E-state index contributed by atoms with van der Waals surface area (Å²) in [5.41, 5.74) is 0.330. The van der Waals surface area contributed by atoms with Crippen LogP contribution >= 0.6 is 36.2 Å². The van der Waals surface area contributed by atoms with Crippen LogP contribution in [0.4, 0.5) is 0 Å². The molecule has 140 valence electrons. The number of thiazole rings is 1. The number of piperidine rings is 1. The second-order valence-electron chi connectivity index (χ2n) is 5.95. The highest BCUT2D eigenvalue weighted by Crippen LogP contribution is 2.28. The Bertz CT molecular complexity index is 655. The largest absolute Gasteiger partial charge is 0.346 e.